The van der Waals surface area contributed by atoms with Crippen molar-refractivity contribution in [3.05, 3.63) is 40.4 Å². The van der Waals surface area contributed by atoms with Gasteiger partial charge in [-0.1, -0.05) is 11.6 Å². The van der Waals surface area contributed by atoms with Crippen LogP contribution in [0.4, 0.5) is 0 Å². The number of methoxy groups -OCH3 is 4. The Morgan fingerprint density at radius 1 is 0.885 bits per heavy atom. The van der Waals surface area contributed by atoms with Crippen molar-refractivity contribution >= 4 is 17.6 Å². The molecule has 26 heavy (non-hydrogen) atoms. The summed E-state index contributed by atoms with van der Waals surface area (Å²) in [5.41, 5.74) is 0.432. The molecule has 0 bridgehead atoms. The topological polar surface area (TPSA) is 87.0 Å². The molecule has 2 rings (SSSR count). The van der Waals surface area contributed by atoms with Gasteiger partial charge in [-0.3, -0.25) is 0 Å². The summed E-state index contributed by atoms with van der Waals surface area (Å²) in [5, 5.41) is 9.06. The van der Waals surface area contributed by atoms with E-state index in [-0.39, 0.29) is 27.6 Å². The molecule has 0 atom stereocenters. The largest absolute Gasteiger partial charge is 0.493 e. The summed E-state index contributed by atoms with van der Waals surface area (Å²) in [5.74, 6) is 0.407. The lowest BCUT2D eigenvalue weighted by atomic mass is 10.1. The fourth-order valence-electron chi connectivity index (χ4n) is 2.23. The fourth-order valence-corrected chi connectivity index (χ4v) is 2.48. The van der Waals surface area contributed by atoms with Gasteiger partial charge < -0.3 is 23.7 Å². The SMILES string of the molecule is COc1cc(C#N)cc(Cl)c1OC(=O)c1cc(OC)c(OC)c(OC)c1. The molecule has 136 valence electrons. The average Bonchev–Trinajstić information content (AvgIpc) is 2.67. The van der Waals surface area contributed by atoms with Crippen LogP contribution in [0.2, 0.25) is 5.02 Å². The zero-order valence-corrected chi connectivity index (χ0v) is 15.3. The number of carbonyl (C=O) groups is 1. The zero-order chi connectivity index (χ0) is 19.3. The number of carbonyl (C=O) groups excluding carboxylic acids is 1. The highest BCUT2D eigenvalue weighted by molar-refractivity contribution is 6.32. The highest BCUT2D eigenvalue weighted by atomic mass is 35.5. The highest BCUT2D eigenvalue weighted by Crippen LogP contribution is 2.40. The fraction of sp³-hybridized carbons (Fsp3) is 0.222. The van der Waals surface area contributed by atoms with Gasteiger partial charge in [0.2, 0.25) is 5.75 Å². The Hall–Kier alpha value is -3.11. The summed E-state index contributed by atoms with van der Waals surface area (Å²) in [7, 11) is 5.71. The summed E-state index contributed by atoms with van der Waals surface area (Å²) in [6, 6.07) is 7.65. The van der Waals surface area contributed by atoms with E-state index in [0.717, 1.165) is 0 Å². The van der Waals surface area contributed by atoms with Crippen molar-refractivity contribution in [3.8, 4) is 34.8 Å². The van der Waals surface area contributed by atoms with Crippen LogP contribution in [-0.2, 0) is 0 Å². The number of hydrogen-bond donors (Lipinski definition) is 0. The van der Waals surface area contributed by atoms with E-state index < -0.39 is 5.97 Å². The first kappa shape index (κ1) is 19.2. The minimum atomic E-state index is -0.714. The Labute approximate surface area is 155 Å². The number of benzene rings is 2. The van der Waals surface area contributed by atoms with Gasteiger partial charge in [-0.05, 0) is 18.2 Å². The van der Waals surface area contributed by atoms with Crippen LogP contribution in [-0.4, -0.2) is 34.4 Å². The van der Waals surface area contributed by atoms with E-state index in [1.165, 1.54) is 52.7 Å². The predicted octanol–water partition coefficient (Wildman–Crippen LogP) is 3.47. The van der Waals surface area contributed by atoms with Crippen molar-refractivity contribution in [1.82, 2.24) is 0 Å². The van der Waals surface area contributed by atoms with Crippen LogP contribution in [0.25, 0.3) is 0 Å². The number of nitriles is 1. The Morgan fingerprint density at radius 3 is 1.88 bits per heavy atom. The quantitative estimate of drug-likeness (QED) is 0.562. The molecule has 0 N–H and O–H groups in total. The van der Waals surface area contributed by atoms with Crippen molar-refractivity contribution in [2.75, 3.05) is 28.4 Å². The molecule has 0 saturated heterocycles. The van der Waals surface area contributed by atoms with Crippen LogP contribution >= 0.6 is 11.6 Å². The first-order valence-corrected chi connectivity index (χ1v) is 7.66. The molecular weight excluding hydrogens is 362 g/mol. The summed E-state index contributed by atoms with van der Waals surface area (Å²) in [6.07, 6.45) is 0. The Bertz CT molecular complexity index is 850. The van der Waals surface area contributed by atoms with Crippen molar-refractivity contribution in [3.63, 3.8) is 0 Å². The van der Waals surface area contributed by atoms with E-state index >= 15 is 0 Å². The summed E-state index contributed by atoms with van der Waals surface area (Å²) in [6.45, 7) is 0. The van der Waals surface area contributed by atoms with E-state index in [4.69, 9.17) is 40.5 Å². The monoisotopic (exact) mass is 377 g/mol. The normalized spacial score (nSPS) is 9.85. The van der Waals surface area contributed by atoms with Gasteiger partial charge in [0.25, 0.3) is 0 Å². The van der Waals surface area contributed by atoms with E-state index in [1.807, 2.05) is 6.07 Å². The van der Waals surface area contributed by atoms with Crippen molar-refractivity contribution in [2.24, 2.45) is 0 Å². The second-order valence-corrected chi connectivity index (χ2v) is 5.31. The van der Waals surface area contributed by atoms with Crippen LogP contribution in [0.5, 0.6) is 28.7 Å². The lowest BCUT2D eigenvalue weighted by Crippen LogP contribution is -2.11. The van der Waals surface area contributed by atoms with E-state index in [0.29, 0.717) is 17.2 Å². The maximum absolute atomic E-state index is 12.6. The molecule has 2 aromatic carbocycles. The van der Waals surface area contributed by atoms with Crippen molar-refractivity contribution < 1.29 is 28.5 Å². The van der Waals surface area contributed by atoms with E-state index in [2.05, 4.69) is 0 Å². The third-order valence-corrected chi connectivity index (χ3v) is 3.73. The number of rotatable bonds is 6. The van der Waals surface area contributed by atoms with Crippen LogP contribution in [0.3, 0.4) is 0 Å². The zero-order valence-electron chi connectivity index (χ0n) is 14.6. The Kier molecular flexibility index (Phi) is 6.15. The number of halogens is 1. The van der Waals surface area contributed by atoms with Gasteiger partial charge >= 0.3 is 5.97 Å². The minimum absolute atomic E-state index is 0.00641. The maximum atomic E-state index is 12.6. The third kappa shape index (κ3) is 3.76. The number of esters is 1. The van der Waals surface area contributed by atoms with Crippen LogP contribution in [0, 0.1) is 11.3 Å². The number of nitrogens with zero attached hydrogens (tertiary/aromatic N) is 1. The van der Waals surface area contributed by atoms with Gasteiger partial charge in [-0.2, -0.15) is 5.26 Å². The van der Waals surface area contributed by atoms with Crippen molar-refractivity contribution in [1.29, 1.82) is 5.26 Å². The molecule has 0 saturated carbocycles. The smallest absolute Gasteiger partial charge is 0.343 e. The molecule has 0 fully saturated rings. The summed E-state index contributed by atoms with van der Waals surface area (Å²) < 4.78 is 26.2. The average molecular weight is 378 g/mol. The summed E-state index contributed by atoms with van der Waals surface area (Å²) >= 11 is 6.11. The lowest BCUT2D eigenvalue weighted by molar-refractivity contribution is 0.0729. The second-order valence-electron chi connectivity index (χ2n) is 4.90. The molecule has 0 spiro atoms. The molecule has 0 aromatic heterocycles. The van der Waals surface area contributed by atoms with Crippen molar-refractivity contribution in [2.45, 2.75) is 0 Å². The van der Waals surface area contributed by atoms with Crippen LogP contribution in [0.15, 0.2) is 24.3 Å². The molecule has 0 aliphatic carbocycles. The van der Waals surface area contributed by atoms with Gasteiger partial charge in [-0.15, -0.1) is 0 Å². The number of ether oxygens (including phenoxy) is 5. The van der Waals surface area contributed by atoms with E-state index in [1.54, 1.807) is 0 Å². The van der Waals surface area contributed by atoms with Gasteiger partial charge in [0, 0.05) is 6.07 Å². The molecule has 0 heterocycles. The molecule has 0 aliphatic rings. The second kappa shape index (κ2) is 8.32. The Balaban J connectivity index is 2.44. The van der Waals surface area contributed by atoms with Gasteiger partial charge in [0.05, 0.1) is 50.7 Å². The highest BCUT2D eigenvalue weighted by Gasteiger charge is 2.21. The lowest BCUT2D eigenvalue weighted by Gasteiger charge is -2.15. The molecular formula is C18H16ClNO6. The van der Waals surface area contributed by atoms with Crippen LogP contribution in [0.1, 0.15) is 15.9 Å². The maximum Gasteiger partial charge on any atom is 0.343 e. The first-order valence-electron chi connectivity index (χ1n) is 7.28. The predicted molar refractivity (Wildman–Crippen MR) is 93.8 cm³/mol. The molecule has 0 unspecified atom stereocenters. The first-order chi connectivity index (χ1) is 12.5. The molecule has 2 aromatic rings. The van der Waals surface area contributed by atoms with Gasteiger partial charge in [-0.25, -0.2) is 4.79 Å². The molecule has 7 nitrogen and oxygen atoms in total. The molecule has 8 heteroatoms. The standard InChI is InChI=1S/C18H16ClNO6/c1-22-13-6-10(9-20)5-12(19)16(13)26-18(21)11-7-14(23-2)17(25-4)15(8-11)24-3/h5-8H,1-4H3. The van der Waals surface area contributed by atoms with Gasteiger partial charge in [0.15, 0.2) is 23.0 Å². The molecule has 0 radical (unpaired) electrons. The minimum Gasteiger partial charge on any atom is -0.493 e. The molecule has 0 amide bonds. The molecule has 0 aliphatic heterocycles. The number of hydrogen-bond acceptors (Lipinski definition) is 7. The van der Waals surface area contributed by atoms with Gasteiger partial charge in [0.1, 0.15) is 0 Å². The summed E-state index contributed by atoms with van der Waals surface area (Å²) in [4.78, 5) is 12.6. The van der Waals surface area contributed by atoms with E-state index in [9.17, 15) is 4.79 Å². The Morgan fingerprint density at radius 2 is 1.42 bits per heavy atom. The third-order valence-electron chi connectivity index (χ3n) is 3.45. The van der Waals surface area contributed by atoms with Crippen LogP contribution < -0.4 is 23.7 Å².